The van der Waals surface area contributed by atoms with Crippen LogP contribution >= 0.6 is 0 Å². The quantitative estimate of drug-likeness (QED) is 0.410. The Labute approximate surface area is 197 Å². The second-order valence-corrected chi connectivity index (χ2v) is 7.81. The molecule has 0 aromatic heterocycles. The number of alkyl carbamates (subject to hydrolysis) is 1. The second-order valence-electron chi connectivity index (χ2n) is 7.81. The van der Waals surface area contributed by atoms with Crippen LogP contribution < -0.4 is 10.6 Å². The molecule has 0 radical (unpaired) electrons. The summed E-state index contributed by atoms with van der Waals surface area (Å²) in [7, 11) is 0. The van der Waals surface area contributed by atoms with E-state index in [4.69, 9.17) is 19.8 Å². The molecular weight excluding hydrogens is 438 g/mol. The van der Waals surface area contributed by atoms with E-state index in [1.807, 2.05) is 54.6 Å². The molecule has 1 unspecified atom stereocenters. The van der Waals surface area contributed by atoms with E-state index in [9.17, 15) is 14.4 Å². The second kappa shape index (κ2) is 12.4. The zero-order chi connectivity index (χ0) is 24.3. The normalized spacial score (nSPS) is 12.7. The number of hydrogen-bond donors (Lipinski definition) is 3. The summed E-state index contributed by atoms with van der Waals surface area (Å²) in [5, 5.41) is 22.5. The number of nitriles is 1. The molecule has 0 bridgehead atoms. The lowest BCUT2D eigenvalue weighted by atomic mass is 9.98. The minimum Gasteiger partial charge on any atom is -0.480 e. The van der Waals surface area contributed by atoms with Crippen molar-refractivity contribution in [3.05, 3.63) is 59.7 Å². The summed E-state index contributed by atoms with van der Waals surface area (Å²) in [6.45, 7) is -0.226. The number of unbranched alkanes of at least 4 members (excludes halogenated alkanes) is 1. The van der Waals surface area contributed by atoms with Crippen LogP contribution in [0.15, 0.2) is 48.5 Å². The van der Waals surface area contributed by atoms with Crippen LogP contribution in [0.4, 0.5) is 4.79 Å². The number of hydrogen-bond acceptors (Lipinski definition) is 6. The van der Waals surface area contributed by atoms with Crippen molar-refractivity contribution in [2.45, 2.75) is 31.2 Å². The molecule has 34 heavy (non-hydrogen) atoms. The molecule has 0 fully saturated rings. The molecule has 9 heteroatoms. The standard InChI is InChI=1S/C25H27N3O6/c26-12-6-5-11-22(24(31)27-13-14-33-16-23(29)30)28-25(32)34-15-21-19-9-3-1-7-17(19)18-8-2-4-10-20(18)21/h1-4,7-10,21-22H,5-6,11,13-16H2,(H,27,31)(H,28,32)(H,29,30). The van der Waals surface area contributed by atoms with E-state index in [1.165, 1.54) is 0 Å². The van der Waals surface area contributed by atoms with Gasteiger partial charge in [0.05, 0.1) is 12.7 Å². The van der Waals surface area contributed by atoms with Gasteiger partial charge in [0.15, 0.2) is 0 Å². The molecule has 0 aliphatic heterocycles. The van der Waals surface area contributed by atoms with E-state index in [0.29, 0.717) is 6.42 Å². The van der Waals surface area contributed by atoms with Crippen molar-refractivity contribution >= 4 is 18.0 Å². The third-order valence-electron chi connectivity index (χ3n) is 5.50. The Morgan fingerprint density at radius 1 is 1.06 bits per heavy atom. The van der Waals surface area contributed by atoms with Gasteiger partial charge in [-0.25, -0.2) is 9.59 Å². The van der Waals surface area contributed by atoms with Crippen molar-refractivity contribution in [2.75, 3.05) is 26.4 Å². The predicted octanol–water partition coefficient (Wildman–Crippen LogP) is 2.80. The van der Waals surface area contributed by atoms with Gasteiger partial charge in [0.1, 0.15) is 19.3 Å². The van der Waals surface area contributed by atoms with Crippen molar-refractivity contribution in [2.24, 2.45) is 0 Å². The van der Waals surface area contributed by atoms with Crippen molar-refractivity contribution in [1.82, 2.24) is 10.6 Å². The van der Waals surface area contributed by atoms with Crippen molar-refractivity contribution in [1.29, 1.82) is 5.26 Å². The minimum absolute atomic E-state index is 0.0217. The van der Waals surface area contributed by atoms with E-state index in [2.05, 4.69) is 10.6 Å². The Balaban J connectivity index is 1.56. The molecule has 9 nitrogen and oxygen atoms in total. The molecule has 0 saturated carbocycles. The third-order valence-corrected chi connectivity index (χ3v) is 5.50. The number of nitrogens with zero attached hydrogens (tertiary/aromatic N) is 1. The van der Waals surface area contributed by atoms with Gasteiger partial charge in [-0.3, -0.25) is 4.79 Å². The van der Waals surface area contributed by atoms with E-state index >= 15 is 0 Å². The maximum Gasteiger partial charge on any atom is 0.407 e. The molecule has 0 heterocycles. The maximum absolute atomic E-state index is 12.6. The first kappa shape index (κ1) is 24.7. The average Bonchev–Trinajstić information content (AvgIpc) is 3.15. The molecule has 1 aliphatic rings. The zero-order valence-electron chi connectivity index (χ0n) is 18.7. The fourth-order valence-corrected chi connectivity index (χ4v) is 3.97. The molecule has 2 amide bonds. The number of amides is 2. The topological polar surface area (TPSA) is 138 Å². The molecular formula is C25H27N3O6. The van der Waals surface area contributed by atoms with Crippen LogP contribution in [-0.2, 0) is 19.1 Å². The van der Waals surface area contributed by atoms with Crippen molar-refractivity contribution < 1.29 is 29.0 Å². The van der Waals surface area contributed by atoms with Crippen LogP contribution in [0.25, 0.3) is 11.1 Å². The first-order valence-electron chi connectivity index (χ1n) is 11.1. The van der Waals surface area contributed by atoms with Gasteiger partial charge in [-0.15, -0.1) is 0 Å². The van der Waals surface area contributed by atoms with Gasteiger partial charge >= 0.3 is 12.1 Å². The molecule has 3 N–H and O–H groups in total. The molecule has 178 valence electrons. The van der Waals surface area contributed by atoms with E-state index in [1.54, 1.807) is 0 Å². The van der Waals surface area contributed by atoms with Gasteiger partial charge in [-0.2, -0.15) is 5.26 Å². The molecule has 2 aromatic carbocycles. The van der Waals surface area contributed by atoms with Crippen molar-refractivity contribution in [3.8, 4) is 17.2 Å². The Bertz CT molecular complexity index is 1020. The monoisotopic (exact) mass is 465 g/mol. The number of rotatable bonds is 12. The summed E-state index contributed by atoms with van der Waals surface area (Å²) in [5.74, 6) is -1.65. The van der Waals surface area contributed by atoms with E-state index in [0.717, 1.165) is 22.3 Å². The van der Waals surface area contributed by atoms with E-state index < -0.39 is 30.6 Å². The first-order valence-corrected chi connectivity index (χ1v) is 11.1. The number of benzene rings is 2. The number of ether oxygens (including phenoxy) is 2. The fraction of sp³-hybridized carbons (Fsp3) is 0.360. The Morgan fingerprint density at radius 2 is 1.71 bits per heavy atom. The Hall–Kier alpha value is -3.90. The van der Waals surface area contributed by atoms with Gasteiger partial charge in [0.2, 0.25) is 5.91 Å². The summed E-state index contributed by atoms with van der Waals surface area (Å²) in [6, 6.07) is 17.1. The Morgan fingerprint density at radius 3 is 2.32 bits per heavy atom. The zero-order valence-corrected chi connectivity index (χ0v) is 18.7. The largest absolute Gasteiger partial charge is 0.480 e. The van der Waals surface area contributed by atoms with Crippen LogP contribution in [0.1, 0.15) is 36.3 Å². The van der Waals surface area contributed by atoms with Crippen LogP contribution in [0.5, 0.6) is 0 Å². The summed E-state index contributed by atoms with van der Waals surface area (Å²) in [6.07, 6.45) is 0.215. The molecule has 0 spiro atoms. The third kappa shape index (κ3) is 6.56. The molecule has 2 aromatic rings. The number of nitrogens with one attached hydrogen (secondary N) is 2. The van der Waals surface area contributed by atoms with Gasteiger partial charge < -0.3 is 25.2 Å². The molecule has 3 rings (SSSR count). The highest BCUT2D eigenvalue weighted by molar-refractivity contribution is 5.85. The highest BCUT2D eigenvalue weighted by atomic mass is 16.5. The van der Waals surface area contributed by atoms with Crippen LogP contribution in [0.3, 0.4) is 0 Å². The predicted molar refractivity (Wildman–Crippen MR) is 123 cm³/mol. The lowest BCUT2D eigenvalue weighted by molar-refractivity contribution is -0.142. The van der Waals surface area contributed by atoms with Gasteiger partial charge in [-0.05, 0) is 35.1 Å². The number of aliphatic carboxylic acids is 1. The van der Waals surface area contributed by atoms with Gasteiger partial charge in [0.25, 0.3) is 0 Å². The highest BCUT2D eigenvalue weighted by Gasteiger charge is 2.29. The maximum atomic E-state index is 12.6. The number of carboxylic acids is 1. The van der Waals surface area contributed by atoms with Crippen LogP contribution in [0.2, 0.25) is 0 Å². The number of fused-ring (bicyclic) bond motifs is 3. The van der Waals surface area contributed by atoms with Gasteiger partial charge in [0, 0.05) is 18.9 Å². The van der Waals surface area contributed by atoms with Crippen LogP contribution in [0, 0.1) is 11.3 Å². The van der Waals surface area contributed by atoms with E-state index in [-0.39, 0.29) is 38.5 Å². The summed E-state index contributed by atoms with van der Waals surface area (Å²) in [5.41, 5.74) is 4.40. The number of carbonyl (C=O) groups excluding carboxylic acids is 2. The molecule has 1 atom stereocenters. The summed E-state index contributed by atoms with van der Waals surface area (Å²) < 4.78 is 10.4. The fourth-order valence-electron chi connectivity index (χ4n) is 3.97. The summed E-state index contributed by atoms with van der Waals surface area (Å²) >= 11 is 0. The number of carbonyl (C=O) groups is 3. The molecule has 0 saturated heterocycles. The first-order chi connectivity index (χ1) is 16.5. The molecule has 1 aliphatic carbocycles. The smallest absolute Gasteiger partial charge is 0.407 e. The Kier molecular flexibility index (Phi) is 9.00. The lowest BCUT2D eigenvalue weighted by Crippen LogP contribution is -2.47. The SMILES string of the molecule is N#CCCCC(NC(=O)OCC1c2ccccc2-c2ccccc21)C(=O)NCCOCC(=O)O. The summed E-state index contributed by atoms with van der Waals surface area (Å²) in [4.78, 5) is 35.5. The lowest BCUT2D eigenvalue weighted by Gasteiger charge is -2.19. The van der Waals surface area contributed by atoms with Gasteiger partial charge in [-0.1, -0.05) is 48.5 Å². The van der Waals surface area contributed by atoms with Crippen LogP contribution in [-0.4, -0.2) is 55.5 Å². The average molecular weight is 466 g/mol. The minimum atomic E-state index is -1.10. The highest BCUT2D eigenvalue weighted by Crippen LogP contribution is 2.44. The number of carboxylic acid groups (broad SMARTS) is 1. The van der Waals surface area contributed by atoms with Crippen molar-refractivity contribution in [3.63, 3.8) is 0 Å².